The number of carbonyl (C=O) groups is 1. The second-order valence-electron chi connectivity index (χ2n) is 10.7. The lowest BCUT2D eigenvalue weighted by Gasteiger charge is -2.46. The summed E-state index contributed by atoms with van der Waals surface area (Å²) in [4.78, 5) is 16.6. The Morgan fingerprint density at radius 1 is 1.08 bits per heavy atom. The van der Waals surface area contributed by atoms with E-state index in [2.05, 4.69) is 38.3 Å². The van der Waals surface area contributed by atoms with Crippen LogP contribution in [0.4, 0.5) is 14.6 Å². The third kappa shape index (κ3) is 6.35. The highest BCUT2D eigenvalue weighted by molar-refractivity contribution is 5.97. The van der Waals surface area contributed by atoms with E-state index >= 15 is 0 Å². The molecule has 1 fully saturated rings. The van der Waals surface area contributed by atoms with E-state index in [-0.39, 0.29) is 34.2 Å². The lowest BCUT2D eigenvalue weighted by atomic mass is 9.79. The number of anilines is 1. The summed E-state index contributed by atoms with van der Waals surface area (Å²) in [5.74, 6) is -0.427. The van der Waals surface area contributed by atoms with Crippen molar-refractivity contribution in [3.8, 4) is 33.9 Å². The fourth-order valence-electron chi connectivity index (χ4n) is 5.34. The molecule has 196 valence electrons. The number of halogens is 2. The number of alkyl halides is 2. The van der Waals surface area contributed by atoms with Gasteiger partial charge in [0.05, 0.1) is 11.3 Å². The van der Waals surface area contributed by atoms with Crippen LogP contribution in [0.25, 0.3) is 22.4 Å². The zero-order chi connectivity index (χ0) is 27.0. The quantitative estimate of drug-likeness (QED) is 0.332. The number of aromatic hydroxyl groups is 1. The van der Waals surface area contributed by atoms with Crippen LogP contribution in [0.5, 0.6) is 11.5 Å². The van der Waals surface area contributed by atoms with Gasteiger partial charge in [0.2, 0.25) is 0 Å². The number of nitrogens with one attached hydrogen (secondary N) is 2. The molecule has 0 spiro atoms. The van der Waals surface area contributed by atoms with E-state index in [9.17, 15) is 18.7 Å². The molecule has 9 heteroatoms. The zero-order valence-corrected chi connectivity index (χ0v) is 21.3. The first-order valence-electron chi connectivity index (χ1n) is 12.1. The number of amides is 1. The number of phenols is 1. The van der Waals surface area contributed by atoms with E-state index in [0.29, 0.717) is 28.2 Å². The molecule has 2 aromatic carbocycles. The number of carbonyl (C=O) groups excluding carboxylic acids is 1. The van der Waals surface area contributed by atoms with Crippen molar-refractivity contribution in [1.29, 1.82) is 0 Å². The average molecular weight is 511 g/mol. The smallest absolute Gasteiger partial charge is 0.387 e. The van der Waals surface area contributed by atoms with Gasteiger partial charge in [-0.3, -0.25) is 4.79 Å². The van der Waals surface area contributed by atoms with E-state index in [1.54, 1.807) is 36.4 Å². The van der Waals surface area contributed by atoms with Gasteiger partial charge in [-0.2, -0.15) is 8.78 Å². The van der Waals surface area contributed by atoms with E-state index in [1.165, 1.54) is 18.2 Å². The fourth-order valence-corrected chi connectivity index (χ4v) is 5.34. The largest absolute Gasteiger partial charge is 0.507 e. The fraction of sp³-hybridized carbons (Fsp3) is 0.357. The van der Waals surface area contributed by atoms with Gasteiger partial charge >= 0.3 is 6.61 Å². The van der Waals surface area contributed by atoms with Gasteiger partial charge in [-0.25, -0.2) is 4.98 Å². The number of pyridine rings is 1. The summed E-state index contributed by atoms with van der Waals surface area (Å²) in [6.07, 6.45) is 1.68. The first kappa shape index (κ1) is 26.3. The van der Waals surface area contributed by atoms with Gasteiger partial charge in [0.25, 0.3) is 5.91 Å². The Morgan fingerprint density at radius 2 is 1.76 bits per heavy atom. The van der Waals surface area contributed by atoms with Crippen LogP contribution in [0.1, 0.15) is 50.9 Å². The standard InChI is InChI=1S/C28H32F2N4O3/c1-27(2)14-18(15-28(3,4)34-27)32-24-13-17(19-7-5-6-8-23(19)37-26(29)30)12-21(33-24)16-9-10-22(35)20(11-16)25(31)36/h5-13,18,26,34-35H,14-15H2,1-4H3,(H2,31,36)(H,32,33). The Hall–Kier alpha value is -3.72. The molecule has 1 amide bonds. The van der Waals surface area contributed by atoms with Crippen molar-refractivity contribution in [2.45, 2.75) is 64.3 Å². The predicted octanol–water partition coefficient (Wildman–Crippen LogP) is 5.54. The summed E-state index contributed by atoms with van der Waals surface area (Å²) in [7, 11) is 0. The number of para-hydroxylation sites is 1. The maximum Gasteiger partial charge on any atom is 0.387 e. The molecule has 1 aliphatic heterocycles. The number of aromatic nitrogens is 1. The summed E-state index contributed by atoms with van der Waals surface area (Å²) >= 11 is 0. The lowest BCUT2D eigenvalue weighted by Crippen LogP contribution is -2.60. The number of nitrogens with two attached hydrogens (primary N) is 1. The maximum atomic E-state index is 13.1. The van der Waals surface area contributed by atoms with Crippen molar-refractivity contribution in [3.63, 3.8) is 0 Å². The Kier molecular flexibility index (Phi) is 7.10. The molecular weight excluding hydrogens is 478 g/mol. The lowest BCUT2D eigenvalue weighted by molar-refractivity contribution is -0.0494. The van der Waals surface area contributed by atoms with Crippen LogP contribution in [0.15, 0.2) is 54.6 Å². The molecule has 1 saturated heterocycles. The van der Waals surface area contributed by atoms with Crippen LogP contribution in [0, 0.1) is 0 Å². The van der Waals surface area contributed by atoms with Gasteiger partial charge in [-0.05, 0) is 82.5 Å². The Bertz CT molecular complexity index is 1290. The first-order chi connectivity index (χ1) is 17.3. The predicted molar refractivity (Wildman–Crippen MR) is 140 cm³/mol. The minimum Gasteiger partial charge on any atom is -0.507 e. The van der Waals surface area contributed by atoms with Crippen molar-refractivity contribution < 1.29 is 23.4 Å². The highest BCUT2D eigenvalue weighted by atomic mass is 19.3. The van der Waals surface area contributed by atoms with Crippen LogP contribution in [0.3, 0.4) is 0 Å². The summed E-state index contributed by atoms with van der Waals surface area (Å²) in [6.45, 7) is 5.62. The SMILES string of the molecule is CC1(C)CC(Nc2cc(-c3ccccc3OC(F)F)cc(-c3ccc(O)c(C(N)=O)c3)n2)CC(C)(C)N1. The van der Waals surface area contributed by atoms with Crippen LogP contribution >= 0.6 is 0 Å². The van der Waals surface area contributed by atoms with Crippen LogP contribution in [-0.2, 0) is 0 Å². The van der Waals surface area contributed by atoms with Crippen molar-refractivity contribution in [1.82, 2.24) is 10.3 Å². The molecule has 0 aliphatic carbocycles. The monoisotopic (exact) mass is 510 g/mol. The van der Waals surface area contributed by atoms with Crippen molar-refractivity contribution in [2.75, 3.05) is 5.32 Å². The molecule has 0 bridgehead atoms. The number of primary amides is 1. The third-order valence-corrected chi connectivity index (χ3v) is 6.34. The van der Waals surface area contributed by atoms with Crippen molar-refractivity contribution in [3.05, 3.63) is 60.2 Å². The van der Waals surface area contributed by atoms with E-state index in [0.717, 1.165) is 12.8 Å². The number of ether oxygens (including phenoxy) is 1. The number of hydrogen-bond donors (Lipinski definition) is 4. The van der Waals surface area contributed by atoms with Gasteiger partial charge < -0.3 is 26.2 Å². The molecule has 0 atom stereocenters. The molecule has 4 rings (SSSR count). The number of nitrogens with zero attached hydrogens (tertiary/aromatic N) is 1. The Labute approximate surface area is 215 Å². The molecule has 1 aliphatic rings. The molecule has 5 N–H and O–H groups in total. The van der Waals surface area contributed by atoms with Crippen LogP contribution in [-0.4, -0.2) is 39.7 Å². The number of piperidine rings is 1. The summed E-state index contributed by atoms with van der Waals surface area (Å²) < 4.78 is 31.0. The normalized spacial score (nSPS) is 16.9. The number of benzene rings is 2. The second-order valence-corrected chi connectivity index (χ2v) is 10.7. The maximum absolute atomic E-state index is 13.1. The van der Waals surface area contributed by atoms with Crippen molar-refractivity contribution >= 4 is 11.7 Å². The average Bonchev–Trinajstić information content (AvgIpc) is 2.76. The molecular formula is C28H32F2N4O3. The van der Waals surface area contributed by atoms with Gasteiger partial charge in [0, 0.05) is 28.2 Å². The zero-order valence-electron chi connectivity index (χ0n) is 21.3. The molecule has 3 aromatic rings. The van der Waals surface area contributed by atoms with Crippen LogP contribution in [0.2, 0.25) is 0 Å². The second kappa shape index (κ2) is 9.97. The number of hydrogen-bond acceptors (Lipinski definition) is 6. The Morgan fingerprint density at radius 3 is 2.41 bits per heavy atom. The third-order valence-electron chi connectivity index (χ3n) is 6.34. The van der Waals surface area contributed by atoms with Gasteiger partial charge in [-0.15, -0.1) is 0 Å². The summed E-state index contributed by atoms with van der Waals surface area (Å²) in [5.41, 5.74) is 7.26. The topological polar surface area (TPSA) is 109 Å². The van der Waals surface area contributed by atoms with Crippen LogP contribution < -0.4 is 21.1 Å². The van der Waals surface area contributed by atoms with Gasteiger partial charge in [0.15, 0.2) is 0 Å². The van der Waals surface area contributed by atoms with Gasteiger partial charge in [-0.1, -0.05) is 18.2 Å². The minimum absolute atomic E-state index is 0.0354. The summed E-state index contributed by atoms with van der Waals surface area (Å²) in [5, 5.41) is 17.2. The molecule has 0 radical (unpaired) electrons. The first-order valence-corrected chi connectivity index (χ1v) is 12.1. The van der Waals surface area contributed by atoms with Gasteiger partial charge in [0.1, 0.15) is 17.3 Å². The Balaban J connectivity index is 1.82. The molecule has 7 nitrogen and oxygen atoms in total. The molecule has 0 unspecified atom stereocenters. The van der Waals surface area contributed by atoms with E-state index < -0.39 is 12.5 Å². The number of rotatable bonds is 7. The molecule has 2 heterocycles. The van der Waals surface area contributed by atoms with E-state index in [4.69, 9.17) is 15.5 Å². The summed E-state index contributed by atoms with van der Waals surface area (Å²) in [6, 6.07) is 14.6. The minimum atomic E-state index is -2.98. The van der Waals surface area contributed by atoms with Crippen molar-refractivity contribution in [2.24, 2.45) is 5.73 Å². The highest BCUT2D eigenvalue weighted by Crippen LogP contribution is 2.37. The molecule has 37 heavy (non-hydrogen) atoms. The molecule has 1 aromatic heterocycles. The molecule has 0 saturated carbocycles. The highest BCUT2D eigenvalue weighted by Gasteiger charge is 2.37. The van der Waals surface area contributed by atoms with E-state index in [1.807, 2.05) is 0 Å².